The molecule has 0 aromatic carbocycles. The predicted molar refractivity (Wildman–Crippen MR) is 62.5 cm³/mol. The monoisotopic (exact) mass is 193 g/mol. The molecule has 0 aliphatic heterocycles. The van der Waals surface area contributed by atoms with Crippen LogP contribution < -0.4 is 0 Å². The summed E-state index contributed by atoms with van der Waals surface area (Å²) in [7, 11) is 0. The molecule has 0 fully saturated rings. The largest absolute Gasteiger partial charge is 0.349 e. The zero-order valence-corrected chi connectivity index (χ0v) is 10.4. The number of aromatic nitrogens is 1. The highest BCUT2D eigenvalue weighted by Crippen LogP contribution is 2.27. The van der Waals surface area contributed by atoms with Crippen molar-refractivity contribution in [1.29, 1.82) is 0 Å². The summed E-state index contributed by atoms with van der Waals surface area (Å²) in [6.07, 6.45) is 0. The minimum absolute atomic E-state index is 0.392. The molecule has 0 aliphatic carbocycles. The van der Waals surface area contributed by atoms with Gasteiger partial charge in [0.2, 0.25) is 0 Å². The molecule has 0 spiro atoms. The van der Waals surface area contributed by atoms with E-state index in [-0.39, 0.29) is 0 Å². The van der Waals surface area contributed by atoms with E-state index in [1.165, 1.54) is 11.4 Å². The Morgan fingerprint density at radius 2 is 1.57 bits per heavy atom. The van der Waals surface area contributed by atoms with Crippen molar-refractivity contribution in [3.05, 3.63) is 23.5 Å². The maximum atomic E-state index is 2.41. The Morgan fingerprint density at radius 3 is 1.93 bits per heavy atom. The SMILES string of the molecule is Cc1ccc(C)n1CC(C)C(C)(C)C. The molecule has 1 aromatic heterocycles. The maximum Gasteiger partial charge on any atom is 0.0255 e. The average molecular weight is 193 g/mol. The van der Waals surface area contributed by atoms with Crippen LogP contribution in [0.2, 0.25) is 0 Å². The minimum atomic E-state index is 0.392. The van der Waals surface area contributed by atoms with Crippen molar-refractivity contribution in [3.63, 3.8) is 0 Å². The lowest BCUT2D eigenvalue weighted by atomic mass is 9.82. The highest BCUT2D eigenvalue weighted by Gasteiger charge is 2.20. The second-order valence-electron chi connectivity index (χ2n) is 5.49. The normalized spacial score (nSPS) is 14.4. The summed E-state index contributed by atoms with van der Waals surface area (Å²) in [4.78, 5) is 0. The van der Waals surface area contributed by atoms with Crippen LogP contribution in [-0.4, -0.2) is 4.57 Å². The van der Waals surface area contributed by atoms with Crippen LogP contribution in [-0.2, 0) is 6.54 Å². The number of rotatable bonds is 2. The third kappa shape index (κ3) is 2.40. The van der Waals surface area contributed by atoms with E-state index in [1.807, 2.05) is 0 Å². The van der Waals surface area contributed by atoms with Gasteiger partial charge in [-0.3, -0.25) is 0 Å². The van der Waals surface area contributed by atoms with Crippen LogP contribution in [0.25, 0.3) is 0 Å². The topological polar surface area (TPSA) is 4.93 Å². The molecule has 0 saturated heterocycles. The quantitative estimate of drug-likeness (QED) is 0.673. The zero-order valence-electron chi connectivity index (χ0n) is 10.4. The molecule has 0 radical (unpaired) electrons. The van der Waals surface area contributed by atoms with E-state index in [1.54, 1.807) is 0 Å². The molecule has 1 aromatic rings. The standard InChI is InChI=1S/C13H23N/c1-10(13(4,5)6)9-14-11(2)7-8-12(14)3/h7-8,10H,9H2,1-6H3. The van der Waals surface area contributed by atoms with Crippen LogP contribution in [0.5, 0.6) is 0 Å². The van der Waals surface area contributed by atoms with Gasteiger partial charge in [-0.05, 0) is 37.3 Å². The lowest BCUT2D eigenvalue weighted by Gasteiger charge is -2.28. The first-order chi connectivity index (χ1) is 6.32. The molecule has 14 heavy (non-hydrogen) atoms. The van der Waals surface area contributed by atoms with Gasteiger partial charge in [0, 0.05) is 17.9 Å². The summed E-state index contributed by atoms with van der Waals surface area (Å²) in [5, 5.41) is 0. The van der Waals surface area contributed by atoms with Gasteiger partial charge in [0.15, 0.2) is 0 Å². The van der Waals surface area contributed by atoms with E-state index in [2.05, 4.69) is 58.2 Å². The predicted octanol–water partition coefficient (Wildman–Crippen LogP) is 3.79. The van der Waals surface area contributed by atoms with Crippen molar-refractivity contribution in [2.45, 2.75) is 48.1 Å². The summed E-state index contributed by atoms with van der Waals surface area (Å²) in [6, 6.07) is 4.40. The highest BCUT2D eigenvalue weighted by atomic mass is 15.0. The van der Waals surface area contributed by atoms with E-state index in [0.717, 1.165) is 6.54 Å². The molecule has 0 aliphatic rings. The number of hydrogen-bond donors (Lipinski definition) is 0. The summed E-state index contributed by atoms with van der Waals surface area (Å²) >= 11 is 0. The lowest BCUT2D eigenvalue weighted by Crippen LogP contribution is -2.23. The van der Waals surface area contributed by atoms with Crippen molar-refractivity contribution in [1.82, 2.24) is 4.57 Å². The fraction of sp³-hybridized carbons (Fsp3) is 0.692. The molecule has 1 heteroatoms. The Kier molecular flexibility index (Phi) is 3.08. The first kappa shape index (κ1) is 11.4. The van der Waals surface area contributed by atoms with Gasteiger partial charge in [-0.2, -0.15) is 0 Å². The van der Waals surface area contributed by atoms with Crippen molar-refractivity contribution < 1.29 is 0 Å². The molecule has 1 heterocycles. The lowest BCUT2D eigenvalue weighted by molar-refractivity contribution is 0.231. The average Bonchev–Trinajstić information content (AvgIpc) is 2.34. The van der Waals surface area contributed by atoms with Gasteiger partial charge in [-0.15, -0.1) is 0 Å². The van der Waals surface area contributed by atoms with Crippen molar-refractivity contribution in [2.24, 2.45) is 11.3 Å². The minimum Gasteiger partial charge on any atom is -0.349 e. The second-order valence-corrected chi connectivity index (χ2v) is 5.49. The third-order valence-corrected chi connectivity index (χ3v) is 3.35. The van der Waals surface area contributed by atoms with Crippen molar-refractivity contribution >= 4 is 0 Å². The second kappa shape index (κ2) is 3.80. The Bertz CT molecular complexity index is 282. The summed E-state index contributed by atoms with van der Waals surface area (Å²) in [6.45, 7) is 14.8. The Morgan fingerprint density at radius 1 is 1.14 bits per heavy atom. The molecule has 0 saturated carbocycles. The molecule has 80 valence electrons. The van der Waals surface area contributed by atoms with Crippen molar-refractivity contribution in [3.8, 4) is 0 Å². The van der Waals surface area contributed by atoms with Crippen LogP contribution in [0.15, 0.2) is 12.1 Å². The molecule has 1 atom stereocenters. The van der Waals surface area contributed by atoms with E-state index >= 15 is 0 Å². The Hall–Kier alpha value is -0.720. The fourth-order valence-corrected chi connectivity index (χ4v) is 1.54. The van der Waals surface area contributed by atoms with Gasteiger partial charge < -0.3 is 4.57 Å². The van der Waals surface area contributed by atoms with Gasteiger partial charge >= 0.3 is 0 Å². The fourth-order valence-electron chi connectivity index (χ4n) is 1.54. The zero-order chi connectivity index (χ0) is 10.9. The molecular formula is C13H23N. The molecule has 0 bridgehead atoms. The molecule has 1 rings (SSSR count). The summed E-state index contributed by atoms with van der Waals surface area (Å²) < 4.78 is 2.41. The van der Waals surface area contributed by atoms with Crippen LogP contribution in [0, 0.1) is 25.2 Å². The molecule has 1 unspecified atom stereocenters. The van der Waals surface area contributed by atoms with Gasteiger partial charge in [-0.25, -0.2) is 0 Å². The molecule has 0 N–H and O–H groups in total. The highest BCUT2D eigenvalue weighted by molar-refractivity contribution is 5.13. The Balaban J connectivity index is 2.79. The number of hydrogen-bond acceptors (Lipinski definition) is 0. The van der Waals surface area contributed by atoms with Crippen LogP contribution in [0.1, 0.15) is 39.1 Å². The van der Waals surface area contributed by atoms with Crippen molar-refractivity contribution in [2.75, 3.05) is 0 Å². The Labute approximate surface area is 88.1 Å². The van der Waals surface area contributed by atoms with E-state index in [9.17, 15) is 0 Å². The molecule has 0 amide bonds. The van der Waals surface area contributed by atoms with Gasteiger partial charge in [0.1, 0.15) is 0 Å². The first-order valence-electron chi connectivity index (χ1n) is 5.45. The smallest absolute Gasteiger partial charge is 0.0255 e. The van der Waals surface area contributed by atoms with E-state index < -0.39 is 0 Å². The molecular weight excluding hydrogens is 170 g/mol. The van der Waals surface area contributed by atoms with Gasteiger partial charge in [0.05, 0.1) is 0 Å². The summed E-state index contributed by atoms with van der Waals surface area (Å²) in [5.41, 5.74) is 3.14. The first-order valence-corrected chi connectivity index (χ1v) is 5.45. The third-order valence-electron chi connectivity index (χ3n) is 3.35. The van der Waals surface area contributed by atoms with E-state index in [0.29, 0.717) is 11.3 Å². The van der Waals surface area contributed by atoms with Crippen LogP contribution >= 0.6 is 0 Å². The van der Waals surface area contributed by atoms with Crippen LogP contribution in [0.4, 0.5) is 0 Å². The maximum absolute atomic E-state index is 2.41. The van der Waals surface area contributed by atoms with E-state index in [4.69, 9.17) is 0 Å². The number of nitrogens with zero attached hydrogens (tertiary/aromatic N) is 1. The van der Waals surface area contributed by atoms with Crippen LogP contribution in [0.3, 0.4) is 0 Å². The molecule has 1 nitrogen and oxygen atoms in total. The van der Waals surface area contributed by atoms with Gasteiger partial charge in [0.25, 0.3) is 0 Å². The van der Waals surface area contributed by atoms with Gasteiger partial charge in [-0.1, -0.05) is 27.7 Å². The summed E-state index contributed by atoms with van der Waals surface area (Å²) in [5.74, 6) is 0.701. The number of aryl methyl sites for hydroxylation is 2.